The van der Waals surface area contributed by atoms with Crippen LogP contribution in [-0.4, -0.2) is 47.8 Å². The number of anilines is 1. The molecule has 1 aromatic carbocycles. The van der Waals surface area contributed by atoms with Crippen LogP contribution < -0.4 is 5.73 Å². The highest BCUT2D eigenvalue weighted by Gasteiger charge is 2.27. The molecule has 1 saturated carbocycles. The van der Waals surface area contributed by atoms with Crippen LogP contribution in [0.15, 0.2) is 18.2 Å². The minimum atomic E-state index is 0. The Hall–Kier alpha value is -1.75. The maximum atomic E-state index is 12.6. The van der Waals surface area contributed by atoms with E-state index < -0.39 is 0 Å². The minimum Gasteiger partial charge on any atom is -0.398 e. The second kappa shape index (κ2) is 8.56. The lowest BCUT2D eigenvalue weighted by Crippen LogP contribution is -2.50. The molecule has 0 unspecified atom stereocenters. The highest BCUT2D eigenvalue weighted by atomic mass is 35.5. The number of amides is 2. The fourth-order valence-corrected chi connectivity index (χ4v) is 3.71. The number of benzene rings is 1. The van der Waals surface area contributed by atoms with Crippen molar-refractivity contribution in [3.05, 3.63) is 29.3 Å². The Labute approximate surface area is 155 Å². The third-order valence-electron chi connectivity index (χ3n) is 5.38. The smallest absolute Gasteiger partial charge is 0.254 e. The number of nitrogens with two attached hydrogens (primary N) is 1. The van der Waals surface area contributed by atoms with Gasteiger partial charge in [0.15, 0.2) is 0 Å². The molecule has 25 heavy (non-hydrogen) atoms. The van der Waals surface area contributed by atoms with Crippen molar-refractivity contribution in [2.24, 2.45) is 5.92 Å². The third kappa shape index (κ3) is 4.66. The van der Waals surface area contributed by atoms with Crippen molar-refractivity contribution in [1.82, 2.24) is 9.80 Å². The van der Waals surface area contributed by atoms with Gasteiger partial charge in [0.2, 0.25) is 5.91 Å². The molecule has 0 spiro atoms. The largest absolute Gasteiger partial charge is 0.398 e. The average molecular weight is 366 g/mol. The summed E-state index contributed by atoms with van der Waals surface area (Å²) in [7, 11) is 0. The van der Waals surface area contributed by atoms with Gasteiger partial charge in [0.1, 0.15) is 0 Å². The number of carbonyl (C=O) groups excluding carboxylic acids is 2. The van der Waals surface area contributed by atoms with E-state index in [2.05, 4.69) is 0 Å². The Balaban J connectivity index is 0.00000225. The van der Waals surface area contributed by atoms with Crippen molar-refractivity contribution in [2.75, 3.05) is 31.9 Å². The highest BCUT2D eigenvalue weighted by molar-refractivity contribution is 5.95. The standard InChI is InChI=1S/C19H27N3O2.ClH/c1-14-6-7-16(13-17(14)20)19(24)22-10-8-21(9-11-22)18(23)12-15-4-2-3-5-15;/h6-7,13,15H,2-5,8-12,20H2,1H3;1H. The van der Waals surface area contributed by atoms with Gasteiger partial charge in [0.05, 0.1) is 0 Å². The third-order valence-corrected chi connectivity index (χ3v) is 5.38. The summed E-state index contributed by atoms with van der Waals surface area (Å²) in [5.74, 6) is 0.839. The van der Waals surface area contributed by atoms with Crippen LogP contribution in [0.5, 0.6) is 0 Å². The number of halogens is 1. The van der Waals surface area contributed by atoms with Crippen LogP contribution in [0.2, 0.25) is 0 Å². The van der Waals surface area contributed by atoms with Gasteiger partial charge in [-0.15, -0.1) is 12.4 Å². The number of rotatable bonds is 3. The van der Waals surface area contributed by atoms with Crippen LogP contribution in [0.1, 0.15) is 48.0 Å². The number of carbonyl (C=O) groups is 2. The predicted octanol–water partition coefficient (Wildman–Crippen LogP) is 2.86. The number of piperazine rings is 1. The summed E-state index contributed by atoms with van der Waals surface area (Å²) in [6, 6.07) is 5.45. The van der Waals surface area contributed by atoms with Crippen molar-refractivity contribution in [3.8, 4) is 0 Å². The van der Waals surface area contributed by atoms with E-state index in [1.54, 1.807) is 6.07 Å². The van der Waals surface area contributed by atoms with Crippen LogP contribution >= 0.6 is 12.4 Å². The number of hydrogen-bond acceptors (Lipinski definition) is 3. The van der Waals surface area contributed by atoms with Gasteiger partial charge in [-0.2, -0.15) is 0 Å². The molecule has 2 fully saturated rings. The molecule has 1 aliphatic heterocycles. The molecule has 0 radical (unpaired) electrons. The van der Waals surface area contributed by atoms with Crippen molar-refractivity contribution in [1.29, 1.82) is 0 Å². The molecule has 1 heterocycles. The summed E-state index contributed by atoms with van der Waals surface area (Å²) in [5.41, 5.74) is 8.16. The van der Waals surface area contributed by atoms with Crippen LogP contribution in [0, 0.1) is 12.8 Å². The van der Waals surface area contributed by atoms with Crippen LogP contribution in [0.25, 0.3) is 0 Å². The van der Waals surface area contributed by atoms with Crippen molar-refractivity contribution in [2.45, 2.75) is 39.0 Å². The normalized spacial score (nSPS) is 18.1. The molecule has 138 valence electrons. The molecule has 0 atom stereocenters. The lowest BCUT2D eigenvalue weighted by atomic mass is 10.0. The molecule has 2 aliphatic rings. The number of hydrogen-bond donors (Lipinski definition) is 1. The van der Waals surface area contributed by atoms with E-state index in [0.29, 0.717) is 49.8 Å². The Morgan fingerprint density at radius 1 is 1.08 bits per heavy atom. The first kappa shape index (κ1) is 19.6. The predicted molar refractivity (Wildman–Crippen MR) is 102 cm³/mol. The zero-order valence-corrected chi connectivity index (χ0v) is 15.7. The monoisotopic (exact) mass is 365 g/mol. The highest BCUT2D eigenvalue weighted by Crippen LogP contribution is 2.28. The molecule has 6 heteroatoms. The van der Waals surface area contributed by atoms with Gasteiger partial charge in [-0.1, -0.05) is 18.9 Å². The van der Waals surface area contributed by atoms with Gasteiger partial charge in [0.25, 0.3) is 5.91 Å². The molecule has 5 nitrogen and oxygen atoms in total. The Kier molecular flexibility index (Phi) is 6.71. The summed E-state index contributed by atoms with van der Waals surface area (Å²) in [6.45, 7) is 4.40. The first-order valence-electron chi connectivity index (χ1n) is 8.98. The van der Waals surface area contributed by atoms with Gasteiger partial charge in [-0.3, -0.25) is 9.59 Å². The molecular formula is C19H28ClN3O2. The Bertz CT molecular complexity index is 621. The molecule has 1 aromatic rings. The first-order chi connectivity index (χ1) is 11.5. The van der Waals surface area contributed by atoms with E-state index in [0.717, 1.165) is 5.56 Å². The molecule has 1 saturated heterocycles. The molecule has 3 rings (SSSR count). The molecule has 0 bridgehead atoms. The van der Waals surface area contributed by atoms with E-state index in [1.165, 1.54) is 25.7 Å². The van der Waals surface area contributed by atoms with E-state index in [1.807, 2.05) is 28.9 Å². The van der Waals surface area contributed by atoms with Gasteiger partial charge in [-0.25, -0.2) is 0 Å². The fourth-order valence-electron chi connectivity index (χ4n) is 3.71. The molecule has 2 amide bonds. The first-order valence-corrected chi connectivity index (χ1v) is 8.98. The van der Waals surface area contributed by atoms with Crippen LogP contribution in [-0.2, 0) is 4.79 Å². The van der Waals surface area contributed by atoms with E-state index in [4.69, 9.17) is 5.73 Å². The number of aryl methyl sites for hydroxylation is 1. The van der Waals surface area contributed by atoms with Crippen molar-refractivity contribution < 1.29 is 9.59 Å². The summed E-state index contributed by atoms with van der Waals surface area (Å²) in [5, 5.41) is 0. The lowest BCUT2D eigenvalue weighted by molar-refractivity contribution is -0.133. The van der Waals surface area contributed by atoms with Crippen molar-refractivity contribution >= 4 is 29.9 Å². The summed E-state index contributed by atoms with van der Waals surface area (Å²) in [6.07, 6.45) is 5.60. The molecular weight excluding hydrogens is 338 g/mol. The van der Waals surface area contributed by atoms with E-state index >= 15 is 0 Å². The molecule has 0 aromatic heterocycles. The molecule has 1 aliphatic carbocycles. The topological polar surface area (TPSA) is 66.6 Å². The number of nitrogens with zero attached hydrogens (tertiary/aromatic N) is 2. The Morgan fingerprint density at radius 3 is 2.28 bits per heavy atom. The van der Waals surface area contributed by atoms with Gasteiger partial charge < -0.3 is 15.5 Å². The molecule has 2 N–H and O–H groups in total. The maximum Gasteiger partial charge on any atom is 0.254 e. The summed E-state index contributed by atoms with van der Waals surface area (Å²) >= 11 is 0. The lowest BCUT2D eigenvalue weighted by Gasteiger charge is -2.35. The second-order valence-corrected chi connectivity index (χ2v) is 7.10. The zero-order chi connectivity index (χ0) is 17.1. The summed E-state index contributed by atoms with van der Waals surface area (Å²) < 4.78 is 0. The fraction of sp³-hybridized carbons (Fsp3) is 0.579. The minimum absolute atomic E-state index is 0. The van der Waals surface area contributed by atoms with E-state index in [-0.39, 0.29) is 24.2 Å². The van der Waals surface area contributed by atoms with E-state index in [9.17, 15) is 9.59 Å². The van der Waals surface area contributed by atoms with Crippen LogP contribution in [0.3, 0.4) is 0 Å². The van der Waals surface area contributed by atoms with Gasteiger partial charge >= 0.3 is 0 Å². The van der Waals surface area contributed by atoms with Crippen LogP contribution in [0.4, 0.5) is 5.69 Å². The van der Waals surface area contributed by atoms with Gasteiger partial charge in [0, 0.05) is 43.9 Å². The van der Waals surface area contributed by atoms with Crippen molar-refractivity contribution in [3.63, 3.8) is 0 Å². The Morgan fingerprint density at radius 2 is 1.68 bits per heavy atom. The second-order valence-electron chi connectivity index (χ2n) is 7.10. The average Bonchev–Trinajstić information content (AvgIpc) is 3.10. The van der Waals surface area contributed by atoms with Gasteiger partial charge in [-0.05, 0) is 43.4 Å². The summed E-state index contributed by atoms with van der Waals surface area (Å²) in [4.78, 5) is 28.7. The maximum absolute atomic E-state index is 12.6. The quantitative estimate of drug-likeness (QED) is 0.837. The SMILES string of the molecule is Cc1ccc(C(=O)N2CCN(C(=O)CC3CCCC3)CC2)cc1N.Cl. The zero-order valence-electron chi connectivity index (χ0n) is 14.9. The number of nitrogen functional groups attached to an aromatic ring is 1.